The molecule has 1 heterocycles. The van der Waals surface area contributed by atoms with E-state index in [-0.39, 0.29) is 0 Å². The van der Waals surface area contributed by atoms with Crippen LogP contribution in [0.1, 0.15) is 25.0 Å². The Labute approximate surface area is 147 Å². The summed E-state index contributed by atoms with van der Waals surface area (Å²) in [4.78, 5) is 4.43. The molecular formula is C20H24N4O. The zero-order valence-corrected chi connectivity index (χ0v) is 14.6. The molecule has 0 bridgehead atoms. The summed E-state index contributed by atoms with van der Waals surface area (Å²) in [5.74, 6) is 0.294. The summed E-state index contributed by atoms with van der Waals surface area (Å²) in [6.07, 6.45) is 0.764. The van der Waals surface area contributed by atoms with Gasteiger partial charge in [0.15, 0.2) is 0 Å². The van der Waals surface area contributed by atoms with E-state index in [1.54, 1.807) is 13.8 Å². The van der Waals surface area contributed by atoms with E-state index in [1.807, 2.05) is 30.3 Å². The van der Waals surface area contributed by atoms with Crippen LogP contribution in [0.4, 0.5) is 17.2 Å². The third-order valence-electron chi connectivity index (χ3n) is 4.10. The van der Waals surface area contributed by atoms with Crippen LogP contribution in [0.2, 0.25) is 0 Å². The van der Waals surface area contributed by atoms with Gasteiger partial charge in [0, 0.05) is 11.9 Å². The van der Waals surface area contributed by atoms with Crippen molar-refractivity contribution < 1.29 is 5.11 Å². The lowest BCUT2D eigenvalue weighted by atomic mass is 9.98. The molecule has 0 atom stereocenters. The molecule has 0 saturated carbocycles. The number of rotatable bonds is 5. The highest BCUT2D eigenvalue weighted by Gasteiger charge is 2.18. The summed E-state index contributed by atoms with van der Waals surface area (Å²) in [6.45, 7) is 3.84. The van der Waals surface area contributed by atoms with Crippen molar-refractivity contribution in [3.05, 3.63) is 59.7 Å². The van der Waals surface area contributed by atoms with Crippen LogP contribution in [0.25, 0.3) is 10.9 Å². The summed E-state index contributed by atoms with van der Waals surface area (Å²) in [5.41, 5.74) is 15.6. The highest BCUT2D eigenvalue weighted by Crippen LogP contribution is 2.35. The second-order valence-corrected chi connectivity index (χ2v) is 6.93. The molecule has 0 fully saturated rings. The molecule has 6 N–H and O–H groups in total. The number of aromatic nitrogens is 1. The van der Waals surface area contributed by atoms with E-state index in [0.717, 1.165) is 28.6 Å². The van der Waals surface area contributed by atoms with Crippen molar-refractivity contribution in [3.8, 4) is 0 Å². The van der Waals surface area contributed by atoms with Gasteiger partial charge in [0.05, 0.1) is 22.5 Å². The molecule has 2 aromatic carbocycles. The average Bonchev–Trinajstić information content (AvgIpc) is 2.56. The van der Waals surface area contributed by atoms with E-state index >= 15 is 0 Å². The van der Waals surface area contributed by atoms with E-state index in [4.69, 9.17) is 11.5 Å². The number of hydrogen-bond donors (Lipinski definition) is 4. The van der Waals surface area contributed by atoms with E-state index in [0.29, 0.717) is 18.1 Å². The fourth-order valence-corrected chi connectivity index (χ4v) is 2.87. The maximum Gasteiger partial charge on any atom is 0.149 e. The first-order chi connectivity index (χ1) is 11.8. The lowest BCUT2D eigenvalue weighted by Gasteiger charge is -2.22. The smallest absolute Gasteiger partial charge is 0.149 e. The number of fused-ring (bicyclic) bond motifs is 1. The van der Waals surface area contributed by atoms with Crippen LogP contribution in [0.15, 0.2) is 48.5 Å². The number of anilines is 3. The maximum atomic E-state index is 10.1. The number of hydrogen-bond acceptors (Lipinski definition) is 5. The van der Waals surface area contributed by atoms with E-state index in [9.17, 15) is 5.11 Å². The molecule has 0 radical (unpaired) electrons. The Morgan fingerprint density at radius 2 is 1.76 bits per heavy atom. The minimum atomic E-state index is -0.870. The first-order valence-corrected chi connectivity index (χ1v) is 8.32. The molecule has 0 aliphatic rings. The molecule has 0 saturated heterocycles. The molecule has 5 heteroatoms. The Hall–Kier alpha value is -2.79. The summed E-state index contributed by atoms with van der Waals surface area (Å²) >= 11 is 0. The summed E-state index contributed by atoms with van der Waals surface area (Å²) in [7, 11) is 0. The number of nitrogens with zero attached hydrogens (tertiary/aromatic N) is 1. The zero-order chi connectivity index (χ0) is 18.0. The van der Waals surface area contributed by atoms with Crippen molar-refractivity contribution in [1.29, 1.82) is 0 Å². The normalized spacial score (nSPS) is 11.6. The number of aliphatic hydroxyl groups is 1. The Bertz CT molecular complexity index is 886. The van der Waals surface area contributed by atoms with Crippen LogP contribution in [-0.4, -0.2) is 22.2 Å². The fraction of sp³-hybridized carbons (Fsp3) is 0.250. The van der Waals surface area contributed by atoms with Gasteiger partial charge >= 0.3 is 0 Å². The SMILES string of the molecule is CC(C)(O)CNc1c(N)c(N)nc2cccc(Cc3ccccc3)c12. The molecule has 1 aromatic heterocycles. The molecule has 3 rings (SSSR count). The van der Waals surface area contributed by atoms with Gasteiger partial charge in [-0.05, 0) is 37.5 Å². The Kier molecular flexibility index (Phi) is 4.51. The van der Waals surface area contributed by atoms with Crippen LogP contribution < -0.4 is 16.8 Å². The number of pyridine rings is 1. The third kappa shape index (κ3) is 3.83. The van der Waals surface area contributed by atoms with Gasteiger partial charge in [-0.15, -0.1) is 0 Å². The predicted octanol–water partition coefficient (Wildman–Crippen LogP) is 3.17. The lowest BCUT2D eigenvalue weighted by Crippen LogP contribution is -2.29. The van der Waals surface area contributed by atoms with Gasteiger partial charge in [-0.1, -0.05) is 42.5 Å². The summed E-state index contributed by atoms with van der Waals surface area (Å²) in [5, 5.41) is 14.3. The summed E-state index contributed by atoms with van der Waals surface area (Å²) < 4.78 is 0. The first kappa shape index (κ1) is 17.0. The van der Waals surface area contributed by atoms with Crippen LogP contribution in [0.3, 0.4) is 0 Å². The molecular weight excluding hydrogens is 312 g/mol. The quantitative estimate of drug-likeness (QED) is 0.574. The molecule has 3 aromatic rings. The molecule has 0 amide bonds. The van der Waals surface area contributed by atoms with E-state index < -0.39 is 5.60 Å². The van der Waals surface area contributed by atoms with Crippen molar-refractivity contribution >= 4 is 28.1 Å². The van der Waals surface area contributed by atoms with Crippen LogP contribution in [-0.2, 0) is 6.42 Å². The van der Waals surface area contributed by atoms with Crippen molar-refractivity contribution in [2.75, 3.05) is 23.3 Å². The summed E-state index contributed by atoms with van der Waals surface area (Å²) in [6, 6.07) is 16.2. The molecule has 0 spiro atoms. The van der Waals surface area contributed by atoms with Crippen LogP contribution in [0, 0.1) is 0 Å². The van der Waals surface area contributed by atoms with Gasteiger partial charge in [-0.3, -0.25) is 0 Å². The molecule has 5 nitrogen and oxygen atoms in total. The predicted molar refractivity (Wildman–Crippen MR) is 105 cm³/mol. The largest absolute Gasteiger partial charge is 0.394 e. The standard InChI is InChI=1S/C20H24N4O/c1-20(2,25)12-23-18-16-14(11-13-7-4-3-5-8-13)9-6-10-15(16)24-19(22)17(18)21/h3-10,25H,11-12,21H2,1-2H3,(H3,22,23,24). The molecule has 25 heavy (non-hydrogen) atoms. The van der Waals surface area contributed by atoms with Crippen molar-refractivity contribution in [1.82, 2.24) is 4.98 Å². The first-order valence-electron chi connectivity index (χ1n) is 8.32. The zero-order valence-electron chi connectivity index (χ0n) is 14.6. The maximum absolute atomic E-state index is 10.1. The molecule has 0 aliphatic carbocycles. The van der Waals surface area contributed by atoms with E-state index in [1.165, 1.54) is 5.56 Å². The van der Waals surface area contributed by atoms with Crippen LogP contribution >= 0.6 is 0 Å². The minimum Gasteiger partial charge on any atom is -0.394 e. The van der Waals surface area contributed by atoms with Gasteiger partial charge in [0.2, 0.25) is 0 Å². The van der Waals surface area contributed by atoms with E-state index in [2.05, 4.69) is 28.5 Å². The van der Waals surface area contributed by atoms with Gasteiger partial charge < -0.3 is 21.9 Å². The Morgan fingerprint density at radius 3 is 2.44 bits per heavy atom. The van der Waals surface area contributed by atoms with Crippen LogP contribution in [0.5, 0.6) is 0 Å². The van der Waals surface area contributed by atoms with Gasteiger partial charge in [-0.2, -0.15) is 0 Å². The number of nitrogen functional groups attached to an aromatic ring is 2. The second kappa shape index (κ2) is 6.61. The number of nitrogens with one attached hydrogen (secondary N) is 1. The van der Waals surface area contributed by atoms with Crippen molar-refractivity contribution in [2.24, 2.45) is 0 Å². The Balaban J connectivity index is 2.13. The van der Waals surface area contributed by atoms with Gasteiger partial charge in [-0.25, -0.2) is 4.98 Å². The number of nitrogens with two attached hydrogens (primary N) is 2. The Morgan fingerprint density at radius 1 is 1.04 bits per heavy atom. The number of benzene rings is 2. The molecule has 130 valence electrons. The monoisotopic (exact) mass is 336 g/mol. The highest BCUT2D eigenvalue weighted by atomic mass is 16.3. The second-order valence-electron chi connectivity index (χ2n) is 6.93. The minimum absolute atomic E-state index is 0.294. The topological polar surface area (TPSA) is 97.2 Å². The van der Waals surface area contributed by atoms with Crippen molar-refractivity contribution in [2.45, 2.75) is 25.9 Å². The molecule has 0 aliphatic heterocycles. The lowest BCUT2D eigenvalue weighted by molar-refractivity contribution is 0.0946. The highest BCUT2D eigenvalue weighted by molar-refractivity contribution is 6.02. The average molecular weight is 336 g/mol. The third-order valence-corrected chi connectivity index (χ3v) is 4.10. The van der Waals surface area contributed by atoms with Gasteiger partial charge in [0.25, 0.3) is 0 Å². The fourth-order valence-electron chi connectivity index (χ4n) is 2.87. The molecule has 0 unspecified atom stereocenters. The van der Waals surface area contributed by atoms with Gasteiger partial charge in [0.1, 0.15) is 5.82 Å². The van der Waals surface area contributed by atoms with Crippen molar-refractivity contribution in [3.63, 3.8) is 0 Å².